The molecule has 1 amide bonds. The fourth-order valence-corrected chi connectivity index (χ4v) is 2.22. The van der Waals surface area contributed by atoms with Crippen LogP contribution in [0.3, 0.4) is 0 Å². The van der Waals surface area contributed by atoms with Gasteiger partial charge in [-0.05, 0) is 20.3 Å². The topological polar surface area (TPSA) is 80.0 Å². The van der Waals surface area contributed by atoms with E-state index in [4.69, 9.17) is 5.11 Å². The van der Waals surface area contributed by atoms with Crippen molar-refractivity contribution in [2.75, 3.05) is 12.4 Å². The number of aliphatic hydroxyl groups is 1. The number of hydrogen-bond donors (Lipinski definition) is 2. The van der Waals surface area contributed by atoms with E-state index >= 15 is 0 Å². The first kappa shape index (κ1) is 15.0. The van der Waals surface area contributed by atoms with Gasteiger partial charge in [-0.1, -0.05) is 18.7 Å². The first-order valence-corrected chi connectivity index (χ1v) is 6.99. The molecule has 0 saturated heterocycles. The Labute approximate surface area is 111 Å². The average Bonchev–Trinajstić information content (AvgIpc) is 2.81. The lowest BCUT2D eigenvalue weighted by Gasteiger charge is -2.14. The molecule has 0 aliphatic heterocycles. The Morgan fingerprint density at radius 3 is 2.89 bits per heavy atom. The molecule has 0 bridgehead atoms. The first-order valence-electron chi connectivity index (χ1n) is 6.01. The summed E-state index contributed by atoms with van der Waals surface area (Å²) in [4.78, 5) is 11.6. The van der Waals surface area contributed by atoms with Crippen LogP contribution in [-0.4, -0.2) is 44.2 Å². The fraction of sp³-hybridized carbons (Fsp3) is 0.727. The Kier molecular flexibility index (Phi) is 6.14. The van der Waals surface area contributed by atoms with Crippen LogP contribution in [0.1, 0.15) is 33.2 Å². The van der Waals surface area contributed by atoms with Crippen LogP contribution in [0.5, 0.6) is 0 Å². The van der Waals surface area contributed by atoms with Gasteiger partial charge >= 0.3 is 0 Å². The van der Waals surface area contributed by atoms with Gasteiger partial charge in [0.15, 0.2) is 5.16 Å². The maximum absolute atomic E-state index is 11.6. The molecule has 1 heterocycles. The normalized spacial score (nSPS) is 12.7. The zero-order chi connectivity index (χ0) is 13.5. The summed E-state index contributed by atoms with van der Waals surface area (Å²) >= 11 is 1.35. The molecule has 0 spiro atoms. The molecule has 1 rings (SSSR count). The lowest BCUT2D eigenvalue weighted by atomic mass is 10.2. The summed E-state index contributed by atoms with van der Waals surface area (Å²) in [7, 11) is 0. The highest BCUT2D eigenvalue weighted by molar-refractivity contribution is 7.99. The summed E-state index contributed by atoms with van der Waals surface area (Å²) in [5.41, 5.74) is 0. The summed E-state index contributed by atoms with van der Waals surface area (Å²) < 4.78 is 1.92. The minimum Gasteiger partial charge on any atom is -0.394 e. The molecule has 0 aromatic carbocycles. The molecule has 1 aromatic heterocycles. The summed E-state index contributed by atoms with van der Waals surface area (Å²) in [5, 5.41) is 20.3. The molecule has 6 nitrogen and oxygen atoms in total. The van der Waals surface area contributed by atoms with Gasteiger partial charge in [0.1, 0.15) is 6.33 Å². The van der Waals surface area contributed by atoms with E-state index in [1.165, 1.54) is 11.8 Å². The van der Waals surface area contributed by atoms with Gasteiger partial charge in [-0.2, -0.15) is 0 Å². The number of nitrogens with one attached hydrogen (secondary N) is 1. The molecule has 0 fully saturated rings. The molecule has 0 radical (unpaired) electrons. The second-order valence-corrected chi connectivity index (χ2v) is 5.20. The SMILES string of the molecule is CC[C@H](CO)NC(=O)CSc1nncn1C(C)C. The van der Waals surface area contributed by atoms with Crippen molar-refractivity contribution in [3.05, 3.63) is 6.33 Å². The van der Waals surface area contributed by atoms with Crippen molar-refractivity contribution in [2.24, 2.45) is 0 Å². The van der Waals surface area contributed by atoms with E-state index in [0.29, 0.717) is 0 Å². The van der Waals surface area contributed by atoms with Crippen molar-refractivity contribution in [1.29, 1.82) is 0 Å². The first-order chi connectivity index (χ1) is 8.58. The largest absolute Gasteiger partial charge is 0.394 e. The van der Waals surface area contributed by atoms with E-state index in [0.717, 1.165) is 11.6 Å². The van der Waals surface area contributed by atoms with Crippen LogP contribution in [0.25, 0.3) is 0 Å². The summed E-state index contributed by atoms with van der Waals surface area (Å²) in [5.74, 6) is 0.182. The van der Waals surface area contributed by atoms with Crippen molar-refractivity contribution in [3.8, 4) is 0 Å². The number of aliphatic hydroxyl groups excluding tert-OH is 1. The number of rotatable bonds is 7. The highest BCUT2D eigenvalue weighted by Gasteiger charge is 2.12. The maximum Gasteiger partial charge on any atom is 0.230 e. The van der Waals surface area contributed by atoms with Gasteiger partial charge in [-0.15, -0.1) is 10.2 Å². The number of carbonyl (C=O) groups is 1. The quantitative estimate of drug-likeness (QED) is 0.719. The number of nitrogens with zero attached hydrogens (tertiary/aromatic N) is 3. The van der Waals surface area contributed by atoms with E-state index in [2.05, 4.69) is 15.5 Å². The van der Waals surface area contributed by atoms with Gasteiger partial charge in [-0.3, -0.25) is 4.79 Å². The number of carbonyl (C=O) groups excluding carboxylic acids is 1. The van der Waals surface area contributed by atoms with Gasteiger partial charge in [0, 0.05) is 6.04 Å². The van der Waals surface area contributed by atoms with Crippen LogP contribution >= 0.6 is 11.8 Å². The Hall–Kier alpha value is -1.08. The van der Waals surface area contributed by atoms with Gasteiger partial charge < -0.3 is 15.0 Å². The maximum atomic E-state index is 11.6. The van der Waals surface area contributed by atoms with E-state index < -0.39 is 0 Å². The van der Waals surface area contributed by atoms with Crippen molar-refractivity contribution in [2.45, 2.75) is 44.4 Å². The molecule has 0 aliphatic carbocycles. The Morgan fingerprint density at radius 2 is 2.33 bits per heavy atom. The van der Waals surface area contributed by atoms with Crippen molar-refractivity contribution in [3.63, 3.8) is 0 Å². The van der Waals surface area contributed by atoms with Crippen LogP contribution in [0.2, 0.25) is 0 Å². The average molecular weight is 272 g/mol. The third-order valence-corrected chi connectivity index (χ3v) is 3.46. The summed E-state index contributed by atoms with van der Waals surface area (Å²) in [6, 6.07) is 0.104. The highest BCUT2D eigenvalue weighted by Crippen LogP contribution is 2.18. The van der Waals surface area contributed by atoms with Crippen LogP contribution in [0.15, 0.2) is 11.5 Å². The van der Waals surface area contributed by atoms with E-state index in [9.17, 15) is 4.79 Å². The van der Waals surface area contributed by atoms with Gasteiger partial charge in [-0.25, -0.2) is 0 Å². The van der Waals surface area contributed by atoms with Crippen LogP contribution < -0.4 is 5.32 Å². The molecular weight excluding hydrogens is 252 g/mol. The number of amides is 1. The highest BCUT2D eigenvalue weighted by atomic mass is 32.2. The van der Waals surface area contributed by atoms with E-state index in [1.807, 2.05) is 25.3 Å². The predicted molar refractivity (Wildman–Crippen MR) is 70.4 cm³/mol. The monoisotopic (exact) mass is 272 g/mol. The molecule has 1 atom stereocenters. The van der Waals surface area contributed by atoms with Crippen LogP contribution in [-0.2, 0) is 4.79 Å². The Morgan fingerprint density at radius 1 is 1.61 bits per heavy atom. The van der Waals surface area contributed by atoms with Gasteiger partial charge in [0.05, 0.1) is 18.4 Å². The Bertz CT molecular complexity index is 377. The minimum atomic E-state index is -0.166. The summed E-state index contributed by atoms with van der Waals surface area (Å²) in [6.07, 6.45) is 2.38. The van der Waals surface area contributed by atoms with Crippen molar-refractivity contribution < 1.29 is 9.90 Å². The molecule has 2 N–H and O–H groups in total. The molecule has 1 aromatic rings. The molecular formula is C11H20N4O2S. The standard InChI is InChI=1S/C11H20N4O2S/c1-4-9(5-16)13-10(17)6-18-11-14-12-7-15(11)8(2)3/h7-9,16H,4-6H2,1-3H3,(H,13,17)/t9-/m1/s1. The predicted octanol–water partition coefficient (Wildman–Crippen LogP) is 0.838. The third kappa shape index (κ3) is 4.30. The number of hydrogen-bond acceptors (Lipinski definition) is 5. The van der Waals surface area contributed by atoms with E-state index in [-0.39, 0.29) is 30.4 Å². The molecule has 0 unspecified atom stereocenters. The second-order valence-electron chi connectivity index (χ2n) is 4.26. The third-order valence-electron chi connectivity index (χ3n) is 2.51. The smallest absolute Gasteiger partial charge is 0.230 e. The number of aromatic nitrogens is 3. The zero-order valence-corrected chi connectivity index (χ0v) is 11.8. The molecule has 102 valence electrons. The van der Waals surface area contributed by atoms with Crippen molar-refractivity contribution >= 4 is 17.7 Å². The van der Waals surface area contributed by atoms with Crippen LogP contribution in [0, 0.1) is 0 Å². The second kappa shape index (κ2) is 7.38. The molecule has 18 heavy (non-hydrogen) atoms. The van der Waals surface area contributed by atoms with Crippen molar-refractivity contribution in [1.82, 2.24) is 20.1 Å². The fourth-order valence-electron chi connectivity index (χ4n) is 1.37. The minimum absolute atomic E-state index is 0.0327. The van der Waals surface area contributed by atoms with Crippen LogP contribution in [0.4, 0.5) is 0 Å². The van der Waals surface area contributed by atoms with Gasteiger partial charge in [0.25, 0.3) is 0 Å². The number of thioether (sulfide) groups is 1. The molecule has 7 heteroatoms. The molecule has 0 aliphatic rings. The Balaban J connectivity index is 2.45. The zero-order valence-electron chi connectivity index (χ0n) is 11.0. The van der Waals surface area contributed by atoms with Gasteiger partial charge in [0.2, 0.25) is 5.91 Å². The lowest BCUT2D eigenvalue weighted by molar-refractivity contribution is -0.119. The van der Waals surface area contributed by atoms with E-state index in [1.54, 1.807) is 6.33 Å². The lowest BCUT2D eigenvalue weighted by Crippen LogP contribution is -2.38. The summed E-state index contributed by atoms with van der Waals surface area (Å²) in [6.45, 7) is 5.96. The molecule has 0 saturated carbocycles.